The molecular weight excluding hydrogens is 318 g/mol. The molecule has 1 unspecified atom stereocenters. The summed E-state index contributed by atoms with van der Waals surface area (Å²) in [4.78, 5) is 13.6. The molecule has 25 heavy (non-hydrogen) atoms. The van der Waals surface area contributed by atoms with Crippen LogP contribution in [0.1, 0.15) is 68.7 Å². The molecular formula is C20H41NO4. The number of hydrogen-bond acceptors (Lipinski definition) is 4. The molecule has 5 heteroatoms. The first kappa shape index (κ1) is 28.3. The molecule has 0 aromatic heterocycles. The monoisotopic (exact) mass is 359 g/mol. The van der Waals surface area contributed by atoms with Crippen molar-refractivity contribution in [1.82, 2.24) is 4.90 Å². The third-order valence-corrected chi connectivity index (χ3v) is 2.60. The zero-order valence-corrected chi connectivity index (χ0v) is 17.9. The average molecular weight is 360 g/mol. The maximum atomic E-state index is 11.9. The number of ether oxygens (including phenoxy) is 2. The molecule has 0 aliphatic heterocycles. The van der Waals surface area contributed by atoms with Crippen LogP contribution in [0.15, 0.2) is 24.5 Å². The van der Waals surface area contributed by atoms with E-state index in [-0.39, 0.29) is 12.1 Å². The fraction of sp³-hybridized carbons (Fsp3) is 0.750. The zero-order chi connectivity index (χ0) is 20.5. The third-order valence-electron chi connectivity index (χ3n) is 2.60. The molecule has 1 atom stereocenters. The molecule has 150 valence electrons. The van der Waals surface area contributed by atoms with Crippen LogP contribution in [-0.2, 0) is 9.47 Å². The number of carbonyl (C=O) groups excluding carboxylic acids is 1. The van der Waals surface area contributed by atoms with Gasteiger partial charge < -0.3 is 19.5 Å². The van der Waals surface area contributed by atoms with Gasteiger partial charge in [-0.05, 0) is 54.0 Å². The van der Waals surface area contributed by atoms with E-state index in [4.69, 9.17) is 14.6 Å². The molecule has 0 saturated carbocycles. The number of rotatable bonds is 7. The molecule has 0 saturated heterocycles. The first-order valence-electron chi connectivity index (χ1n) is 9.12. The lowest BCUT2D eigenvalue weighted by molar-refractivity contribution is 0.00767. The molecule has 0 bridgehead atoms. The van der Waals surface area contributed by atoms with Crippen LogP contribution in [0.3, 0.4) is 0 Å². The second-order valence-electron chi connectivity index (χ2n) is 6.20. The lowest BCUT2D eigenvalue weighted by atomic mass is 10.2. The van der Waals surface area contributed by atoms with Crippen LogP contribution >= 0.6 is 0 Å². The second-order valence-corrected chi connectivity index (χ2v) is 6.20. The van der Waals surface area contributed by atoms with E-state index in [1.807, 2.05) is 55.4 Å². The Hall–Kier alpha value is -1.49. The lowest BCUT2D eigenvalue weighted by Crippen LogP contribution is -2.44. The van der Waals surface area contributed by atoms with Crippen molar-refractivity contribution in [3.8, 4) is 0 Å². The van der Waals surface area contributed by atoms with Gasteiger partial charge in [0.25, 0.3) is 0 Å². The summed E-state index contributed by atoms with van der Waals surface area (Å²) < 4.78 is 10.7. The van der Waals surface area contributed by atoms with Gasteiger partial charge in [-0.3, -0.25) is 0 Å². The Bertz CT molecular complexity index is 355. The second kappa shape index (κ2) is 17.3. The van der Waals surface area contributed by atoms with Crippen molar-refractivity contribution in [3.05, 3.63) is 24.5 Å². The van der Waals surface area contributed by atoms with Crippen LogP contribution in [-0.4, -0.2) is 47.5 Å². The van der Waals surface area contributed by atoms with Gasteiger partial charge in [-0.2, -0.15) is 0 Å². The Morgan fingerprint density at radius 2 is 1.80 bits per heavy atom. The van der Waals surface area contributed by atoms with Crippen molar-refractivity contribution in [1.29, 1.82) is 0 Å². The molecule has 1 N–H and O–H groups in total. The van der Waals surface area contributed by atoms with Crippen molar-refractivity contribution in [2.45, 2.75) is 80.4 Å². The van der Waals surface area contributed by atoms with Gasteiger partial charge in [-0.25, -0.2) is 4.79 Å². The smallest absolute Gasteiger partial charge is 0.410 e. The molecule has 0 aliphatic rings. The van der Waals surface area contributed by atoms with Crippen molar-refractivity contribution in [2.75, 3.05) is 19.8 Å². The first-order chi connectivity index (χ1) is 11.6. The Morgan fingerprint density at radius 3 is 2.08 bits per heavy atom. The van der Waals surface area contributed by atoms with Crippen molar-refractivity contribution in [2.24, 2.45) is 0 Å². The number of aliphatic hydroxyl groups excluding tert-OH is 1. The van der Waals surface area contributed by atoms with E-state index < -0.39 is 5.60 Å². The van der Waals surface area contributed by atoms with E-state index in [1.54, 1.807) is 24.0 Å². The Labute approximate surface area is 155 Å². The van der Waals surface area contributed by atoms with Crippen LogP contribution in [0, 0.1) is 0 Å². The number of amides is 1. The minimum Gasteiger partial charge on any atom is -0.513 e. The molecule has 0 aromatic carbocycles. The fourth-order valence-electron chi connectivity index (χ4n) is 1.65. The van der Waals surface area contributed by atoms with E-state index in [0.717, 1.165) is 6.42 Å². The summed E-state index contributed by atoms with van der Waals surface area (Å²) in [6, 6.07) is -0.00481. The summed E-state index contributed by atoms with van der Waals surface area (Å²) in [6.45, 7) is 22.3. The van der Waals surface area contributed by atoms with Gasteiger partial charge >= 0.3 is 6.09 Å². The highest BCUT2D eigenvalue weighted by Gasteiger charge is 2.24. The van der Waals surface area contributed by atoms with Crippen LogP contribution in [0.2, 0.25) is 0 Å². The van der Waals surface area contributed by atoms with Gasteiger partial charge in [-0.1, -0.05) is 26.8 Å². The van der Waals surface area contributed by atoms with Crippen molar-refractivity contribution >= 4 is 6.09 Å². The third kappa shape index (κ3) is 20.5. The zero-order valence-electron chi connectivity index (χ0n) is 17.9. The van der Waals surface area contributed by atoms with E-state index in [0.29, 0.717) is 25.5 Å². The van der Waals surface area contributed by atoms with Gasteiger partial charge in [-0.15, -0.1) is 6.58 Å². The maximum Gasteiger partial charge on any atom is 0.410 e. The molecule has 0 heterocycles. The predicted octanol–water partition coefficient (Wildman–Crippen LogP) is 5.72. The van der Waals surface area contributed by atoms with Gasteiger partial charge in [0.05, 0.1) is 25.0 Å². The highest BCUT2D eigenvalue weighted by Crippen LogP contribution is 2.12. The van der Waals surface area contributed by atoms with E-state index in [9.17, 15) is 4.79 Å². The molecule has 0 aliphatic carbocycles. The summed E-state index contributed by atoms with van der Waals surface area (Å²) in [5.41, 5.74) is -0.466. The minimum atomic E-state index is -0.466. The van der Waals surface area contributed by atoms with Gasteiger partial charge in [0.1, 0.15) is 5.60 Å². The summed E-state index contributed by atoms with van der Waals surface area (Å²) in [7, 11) is 0. The van der Waals surface area contributed by atoms with E-state index in [1.165, 1.54) is 0 Å². The van der Waals surface area contributed by atoms with Crippen LogP contribution < -0.4 is 0 Å². The van der Waals surface area contributed by atoms with Crippen LogP contribution in [0.4, 0.5) is 4.79 Å². The van der Waals surface area contributed by atoms with Crippen molar-refractivity contribution in [3.63, 3.8) is 0 Å². The van der Waals surface area contributed by atoms with E-state index in [2.05, 4.69) is 6.58 Å². The number of nitrogens with zero attached hydrogens (tertiary/aromatic N) is 1. The standard InChI is InChI=1S/C13H25NO3.C5H10O.C2H6/c1-7-9-16-10-11(3)14(8-2)12(15)17-13(4,5)6;1-3-4-5(2)6;1-2/h7,11H,1,8-10H2,2-6H3;4,6H,3H2,1-2H3;1-2H3/b;5-4+;. The number of carbonyl (C=O) groups is 1. The maximum absolute atomic E-state index is 11.9. The molecule has 0 radical (unpaired) electrons. The molecule has 5 nitrogen and oxygen atoms in total. The van der Waals surface area contributed by atoms with Crippen LogP contribution in [0.5, 0.6) is 0 Å². The molecule has 0 aromatic rings. The number of hydrogen-bond donors (Lipinski definition) is 1. The quantitative estimate of drug-likeness (QED) is 0.359. The fourth-order valence-corrected chi connectivity index (χ4v) is 1.65. The Kier molecular flexibility index (Phi) is 19.6. The summed E-state index contributed by atoms with van der Waals surface area (Å²) in [5.74, 6) is 0.414. The van der Waals surface area contributed by atoms with Gasteiger partial charge in [0, 0.05) is 6.54 Å². The molecule has 1 amide bonds. The largest absolute Gasteiger partial charge is 0.513 e. The average Bonchev–Trinajstić information content (AvgIpc) is 2.49. The van der Waals surface area contributed by atoms with Crippen LogP contribution in [0.25, 0.3) is 0 Å². The SMILES string of the molecule is C=CCOCC(C)N(CC)C(=O)OC(C)(C)C.CC.CC/C=C(\C)O. The van der Waals surface area contributed by atoms with E-state index >= 15 is 0 Å². The lowest BCUT2D eigenvalue weighted by Gasteiger charge is -2.30. The highest BCUT2D eigenvalue weighted by atomic mass is 16.6. The highest BCUT2D eigenvalue weighted by molar-refractivity contribution is 5.68. The predicted molar refractivity (Wildman–Crippen MR) is 107 cm³/mol. The molecule has 0 spiro atoms. The van der Waals surface area contributed by atoms with Gasteiger partial charge in [0.15, 0.2) is 0 Å². The number of allylic oxidation sites excluding steroid dienone is 2. The normalized spacial score (nSPS) is 12.0. The number of aliphatic hydroxyl groups is 1. The number of likely N-dealkylation sites (N-methyl/N-ethyl adjacent to an activating group) is 1. The molecule has 0 rings (SSSR count). The van der Waals surface area contributed by atoms with Crippen molar-refractivity contribution < 1.29 is 19.4 Å². The topological polar surface area (TPSA) is 59.0 Å². The summed E-state index contributed by atoms with van der Waals surface area (Å²) >= 11 is 0. The Morgan fingerprint density at radius 1 is 1.28 bits per heavy atom. The summed E-state index contributed by atoms with van der Waals surface area (Å²) in [6.07, 6.45) is 4.08. The minimum absolute atomic E-state index is 0.00481. The summed E-state index contributed by atoms with van der Waals surface area (Å²) in [5, 5.41) is 8.41. The Balaban J connectivity index is -0.000000507. The van der Waals surface area contributed by atoms with Gasteiger partial charge in [0.2, 0.25) is 0 Å². The first-order valence-corrected chi connectivity index (χ1v) is 9.12. The molecule has 0 fully saturated rings.